The number of fused-ring (bicyclic) bond motifs is 1. The number of carbonyl (C=O) groups is 8. The van der Waals surface area contributed by atoms with E-state index in [0.29, 0.717) is 35.9 Å². The second-order valence-electron chi connectivity index (χ2n) is 14.5. The molecule has 3 rings (SSSR count). The van der Waals surface area contributed by atoms with Crippen molar-refractivity contribution in [1.29, 1.82) is 0 Å². The Morgan fingerprint density at radius 1 is 0.712 bits per heavy atom. The normalized spacial score (nSPS) is 17.4. The fourth-order valence-corrected chi connectivity index (χ4v) is 8.52. The molecule has 2 saturated heterocycles. The number of rotatable bonds is 30. The van der Waals surface area contributed by atoms with Crippen LogP contribution < -0.4 is 21.3 Å². The molecule has 2 heterocycles. The molecule has 1 aromatic rings. The standard InChI is InChI=1S/C37H55N7O13S.Dy/c45-29(7-4-3-6-28-36-27(23-58-28)40-37(57)41-36)38-13-5-1-2-8-30(46)39-25-11-9-24(10-12-25)16-26(44(21-34(53)54)22-35(55)56)17-42(18-31(47)48)14-15-43(19-32(49)50)20-33(51)52;/h9-12,26-28,36H,1-8,13-23H2,(H,38,45)(H,39,46)(H,47,48)(H,49,50)(H,51,52)(H,53,54)(H,55,56)(H2,40,41,57);/q;+3. The summed E-state index contributed by atoms with van der Waals surface area (Å²) >= 11 is 1.85. The summed E-state index contributed by atoms with van der Waals surface area (Å²) in [6, 6.07) is 6.00. The average Bonchev–Trinajstić information content (AvgIpc) is 3.68. The number of carbonyl (C=O) groups excluding carboxylic acids is 3. The summed E-state index contributed by atoms with van der Waals surface area (Å²) in [4.78, 5) is 97.7. The molecule has 0 spiro atoms. The van der Waals surface area contributed by atoms with Crippen LogP contribution in [0.5, 0.6) is 0 Å². The van der Waals surface area contributed by atoms with Crippen LogP contribution in [0.3, 0.4) is 0 Å². The van der Waals surface area contributed by atoms with Crippen LogP contribution in [0.1, 0.15) is 56.9 Å². The molecule has 20 nitrogen and oxygen atoms in total. The third-order valence-corrected chi connectivity index (χ3v) is 11.2. The Balaban J connectivity index is 0.0000120. The maximum absolute atomic E-state index is 12.6. The first-order chi connectivity index (χ1) is 27.6. The predicted octanol–water partition coefficient (Wildman–Crippen LogP) is 0.268. The smallest absolute Gasteiger partial charge is 0.480 e. The monoisotopic (exact) mass is 1000 g/mol. The number of hydrogen-bond acceptors (Lipinski definition) is 12. The van der Waals surface area contributed by atoms with Gasteiger partial charge in [0.05, 0.1) is 44.8 Å². The Kier molecular flexibility index (Phi) is 23.7. The van der Waals surface area contributed by atoms with Gasteiger partial charge in [-0.3, -0.25) is 48.3 Å². The maximum Gasteiger partial charge on any atom is 3.00 e. The van der Waals surface area contributed by atoms with Gasteiger partial charge in [0, 0.05) is 61.8 Å². The Morgan fingerprint density at radius 3 is 1.88 bits per heavy atom. The number of thioether (sulfide) groups is 1. The van der Waals surface area contributed by atoms with Gasteiger partial charge in [0.2, 0.25) is 11.8 Å². The number of unbranched alkanes of at least 4 members (excludes halogenated alkanes) is 3. The first-order valence-electron chi connectivity index (χ1n) is 19.2. The van der Waals surface area contributed by atoms with Gasteiger partial charge in [-0.1, -0.05) is 25.0 Å². The maximum atomic E-state index is 12.6. The molecule has 1 radical (unpaired) electrons. The van der Waals surface area contributed by atoms with Gasteiger partial charge in [-0.25, -0.2) is 4.79 Å². The molecule has 1 aromatic carbocycles. The van der Waals surface area contributed by atoms with E-state index in [1.165, 1.54) is 9.80 Å². The molecule has 4 unspecified atom stereocenters. The SMILES string of the molecule is O=C(O)CN(CCN(CC(=O)O)CC(Cc1ccc(NC(=O)CCCCCNC(=O)CCCCC2SCC3NC(=O)NC32)cc1)N(CC(=O)O)CC(=O)O)CC(=O)O.[Dy+3]. The minimum atomic E-state index is -1.31. The molecule has 2 aliphatic rings. The molecular weight excluding hydrogens is 945 g/mol. The molecule has 4 amide bonds. The number of carboxylic acids is 5. The number of aliphatic carboxylic acids is 5. The largest absolute Gasteiger partial charge is 3.00 e. The van der Waals surface area contributed by atoms with Crippen molar-refractivity contribution in [1.82, 2.24) is 30.7 Å². The Hall–Kier alpha value is -3.72. The van der Waals surface area contributed by atoms with Gasteiger partial charge in [0.25, 0.3) is 0 Å². The number of hydrogen-bond donors (Lipinski definition) is 9. The summed E-state index contributed by atoms with van der Waals surface area (Å²) in [5.74, 6) is -5.77. The van der Waals surface area contributed by atoms with Crippen LogP contribution >= 0.6 is 11.8 Å². The molecule has 2 fully saturated rings. The first kappa shape index (κ1) is 51.4. The quantitative estimate of drug-likeness (QED) is 0.0369. The molecule has 59 heavy (non-hydrogen) atoms. The fraction of sp³-hybridized carbons (Fsp3) is 0.622. The van der Waals surface area contributed by atoms with Gasteiger partial charge >= 0.3 is 74.1 Å². The zero-order valence-electron chi connectivity index (χ0n) is 32.6. The van der Waals surface area contributed by atoms with Crippen LogP contribution in [-0.4, -0.2) is 176 Å². The fourth-order valence-electron chi connectivity index (χ4n) is 6.97. The Labute approximate surface area is 376 Å². The van der Waals surface area contributed by atoms with Crippen molar-refractivity contribution in [3.8, 4) is 0 Å². The second-order valence-corrected chi connectivity index (χ2v) is 15.7. The third-order valence-electron chi connectivity index (χ3n) is 9.66. The van der Waals surface area contributed by atoms with Crippen molar-refractivity contribution >= 4 is 65.1 Å². The minimum Gasteiger partial charge on any atom is -0.480 e. The van der Waals surface area contributed by atoms with Crippen LogP contribution in [0.25, 0.3) is 0 Å². The number of benzene rings is 1. The van der Waals surface area contributed by atoms with Crippen molar-refractivity contribution in [3.05, 3.63) is 29.8 Å². The van der Waals surface area contributed by atoms with Gasteiger partial charge in [0.1, 0.15) is 0 Å². The van der Waals surface area contributed by atoms with Gasteiger partial charge in [-0.2, -0.15) is 11.8 Å². The van der Waals surface area contributed by atoms with E-state index in [1.807, 2.05) is 11.8 Å². The van der Waals surface area contributed by atoms with E-state index in [-0.39, 0.29) is 101 Å². The molecule has 22 heteroatoms. The molecule has 0 aromatic heterocycles. The summed E-state index contributed by atoms with van der Waals surface area (Å²) in [6.07, 6.45) is 5.46. The van der Waals surface area contributed by atoms with Crippen molar-refractivity contribution in [2.45, 2.75) is 81.2 Å². The number of anilines is 1. The van der Waals surface area contributed by atoms with Crippen LogP contribution in [-0.2, 0) is 40.0 Å². The van der Waals surface area contributed by atoms with Crippen molar-refractivity contribution < 1.29 is 102 Å². The number of carboxylic acid groups (broad SMARTS) is 5. The number of nitrogens with one attached hydrogen (secondary N) is 4. The van der Waals surface area contributed by atoms with E-state index in [2.05, 4.69) is 21.3 Å². The number of nitrogens with zero attached hydrogens (tertiary/aromatic N) is 3. The average molecular weight is 1000 g/mol. The second kappa shape index (κ2) is 27.2. The number of urea groups is 1. The van der Waals surface area contributed by atoms with Gasteiger partial charge in [0.15, 0.2) is 0 Å². The van der Waals surface area contributed by atoms with Crippen LogP contribution in [0.2, 0.25) is 0 Å². The predicted molar refractivity (Wildman–Crippen MR) is 211 cm³/mol. The molecule has 329 valence electrons. The Morgan fingerprint density at radius 2 is 1.27 bits per heavy atom. The zero-order valence-corrected chi connectivity index (χ0v) is 35.5. The van der Waals surface area contributed by atoms with E-state index in [9.17, 15) is 63.9 Å². The van der Waals surface area contributed by atoms with Crippen LogP contribution in [0.4, 0.5) is 10.5 Å². The van der Waals surface area contributed by atoms with Crippen molar-refractivity contribution in [2.75, 3.05) is 70.0 Å². The van der Waals surface area contributed by atoms with Crippen molar-refractivity contribution in [2.24, 2.45) is 0 Å². The molecular formula is C37H55DyN7O13S+3. The van der Waals surface area contributed by atoms with Crippen LogP contribution in [0, 0.1) is 38.2 Å². The van der Waals surface area contributed by atoms with E-state index >= 15 is 0 Å². The summed E-state index contributed by atoms with van der Waals surface area (Å²) in [5, 5.41) is 59.0. The summed E-state index contributed by atoms with van der Waals surface area (Å²) in [5.41, 5.74) is 1.12. The first-order valence-corrected chi connectivity index (χ1v) is 20.2. The summed E-state index contributed by atoms with van der Waals surface area (Å²) in [7, 11) is 0. The van der Waals surface area contributed by atoms with Gasteiger partial charge in [-0.05, 0) is 49.8 Å². The van der Waals surface area contributed by atoms with E-state index in [1.54, 1.807) is 24.3 Å². The summed E-state index contributed by atoms with van der Waals surface area (Å²) in [6.45, 7) is -3.04. The molecule has 0 aliphatic carbocycles. The van der Waals surface area contributed by atoms with Gasteiger partial charge < -0.3 is 46.8 Å². The minimum absolute atomic E-state index is 0. The Bertz CT molecular complexity index is 1560. The molecule has 9 N–H and O–H groups in total. The molecule has 2 aliphatic heterocycles. The zero-order chi connectivity index (χ0) is 42.6. The van der Waals surface area contributed by atoms with E-state index < -0.39 is 68.6 Å². The molecule has 4 atom stereocenters. The summed E-state index contributed by atoms with van der Waals surface area (Å²) < 4.78 is 0. The van der Waals surface area contributed by atoms with E-state index in [4.69, 9.17) is 0 Å². The molecule has 0 bridgehead atoms. The van der Waals surface area contributed by atoms with Gasteiger partial charge in [-0.15, -0.1) is 0 Å². The number of amides is 4. The molecule has 0 saturated carbocycles. The van der Waals surface area contributed by atoms with Crippen molar-refractivity contribution in [3.63, 3.8) is 0 Å². The topological polar surface area (TPSA) is 296 Å². The van der Waals surface area contributed by atoms with E-state index in [0.717, 1.165) is 42.8 Å². The third kappa shape index (κ3) is 20.9. The van der Waals surface area contributed by atoms with Crippen LogP contribution in [0.15, 0.2) is 24.3 Å².